The molecule has 1 aliphatic rings. The Hall–Kier alpha value is -1.19. The molecule has 0 fully saturated rings. The lowest BCUT2D eigenvalue weighted by molar-refractivity contribution is -0.117. The fourth-order valence-corrected chi connectivity index (χ4v) is 4.12. The summed E-state index contributed by atoms with van der Waals surface area (Å²) in [5.74, 6) is 0.282. The van der Waals surface area contributed by atoms with Gasteiger partial charge in [-0.2, -0.15) is 0 Å². The van der Waals surface area contributed by atoms with E-state index in [9.17, 15) is 4.79 Å². The minimum atomic E-state index is -1.70. The molecule has 0 saturated heterocycles. The number of Topliss-reactive ketones (excluding diaryl/α,β-unsaturated/α-hetero) is 1. The molecule has 1 unspecified atom stereocenters. The van der Waals surface area contributed by atoms with Crippen molar-refractivity contribution in [1.29, 1.82) is 0 Å². The lowest BCUT2D eigenvalue weighted by Crippen LogP contribution is -2.29. The average molecular weight is 317 g/mol. The topological polar surface area (TPSA) is 26.3 Å². The summed E-state index contributed by atoms with van der Waals surface area (Å²) in [4.78, 5) is 12.8. The lowest BCUT2D eigenvalue weighted by Gasteiger charge is -2.27. The normalized spacial score (nSPS) is 17.5. The first-order chi connectivity index (χ1) is 10.4. The summed E-state index contributed by atoms with van der Waals surface area (Å²) in [5.41, 5.74) is 3.47. The van der Waals surface area contributed by atoms with E-state index >= 15 is 0 Å². The SMILES string of the molecule is CC1=C(C(=O)CC(O[Si](C)(C)C)c2ccccc2)CCCC1. The number of carbonyl (C=O) groups is 1. The maximum Gasteiger partial charge on any atom is 0.184 e. The molecule has 2 rings (SSSR count). The molecular formula is C19H28O2Si. The van der Waals surface area contributed by atoms with Crippen LogP contribution in [0.25, 0.3) is 0 Å². The zero-order valence-corrected chi connectivity index (χ0v) is 15.3. The molecule has 0 heterocycles. The molecule has 1 atom stereocenters. The Morgan fingerprint density at radius 1 is 1.14 bits per heavy atom. The fourth-order valence-electron chi connectivity index (χ4n) is 3.05. The number of carbonyl (C=O) groups excluding carboxylic acids is 1. The molecule has 0 aromatic heterocycles. The molecule has 0 radical (unpaired) electrons. The van der Waals surface area contributed by atoms with Crippen molar-refractivity contribution >= 4 is 14.1 Å². The molecule has 0 bridgehead atoms. The maximum atomic E-state index is 12.8. The van der Waals surface area contributed by atoms with E-state index in [1.165, 1.54) is 12.0 Å². The molecular weight excluding hydrogens is 288 g/mol. The highest BCUT2D eigenvalue weighted by Gasteiger charge is 2.26. The van der Waals surface area contributed by atoms with Crippen molar-refractivity contribution in [2.75, 3.05) is 0 Å². The molecule has 2 nitrogen and oxygen atoms in total. The van der Waals surface area contributed by atoms with E-state index in [0.29, 0.717) is 6.42 Å². The van der Waals surface area contributed by atoms with Crippen LogP contribution in [0.15, 0.2) is 41.5 Å². The van der Waals surface area contributed by atoms with E-state index in [-0.39, 0.29) is 11.9 Å². The molecule has 0 aliphatic heterocycles. The number of ketones is 1. The van der Waals surface area contributed by atoms with Gasteiger partial charge in [0.1, 0.15) is 0 Å². The third-order valence-corrected chi connectivity index (χ3v) is 5.11. The molecule has 0 amide bonds. The molecule has 3 heteroatoms. The number of rotatable bonds is 6. The van der Waals surface area contributed by atoms with Crippen LogP contribution in [-0.2, 0) is 9.22 Å². The van der Waals surface area contributed by atoms with Crippen molar-refractivity contribution in [2.24, 2.45) is 0 Å². The largest absolute Gasteiger partial charge is 0.410 e. The predicted octanol–water partition coefficient (Wildman–Crippen LogP) is 5.43. The van der Waals surface area contributed by atoms with Gasteiger partial charge in [-0.25, -0.2) is 0 Å². The van der Waals surface area contributed by atoms with E-state index in [1.54, 1.807) is 0 Å². The van der Waals surface area contributed by atoms with Gasteiger partial charge in [0, 0.05) is 6.42 Å². The highest BCUT2D eigenvalue weighted by Crippen LogP contribution is 2.31. The maximum absolute atomic E-state index is 12.8. The van der Waals surface area contributed by atoms with Gasteiger partial charge in [0.2, 0.25) is 0 Å². The number of hydrogen-bond donors (Lipinski definition) is 0. The molecule has 1 aromatic rings. The third kappa shape index (κ3) is 4.92. The Balaban J connectivity index is 2.18. The second-order valence-electron chi connectivity index (χ2n) is 7.22. The van der Waals surface area contributed by atoms with Crippen molar-refractivity contribution in [3.63, 3.8) is 0 Å². The standard InChI is InChI=1S/C19H28O2Si/c1-15-10-8-9-13-17(15)18(20)14-19(21-22(2,3)4)16-11-6-5-7-12-16/h5-7,11-12,19H,8-10,13-14H2,1-4H3. The van der Waals surface area contributed by atoms with Crippen LogP contribution in [0.2, 0.25) is 19.6 Å². The molecule has 1 aliphatic carbocycles. The Bertz CT molecular complexity index is 540. The van der Waals surface area contributed by atoms with Crippen molar-refractivity contribution in [2.45, 2.75) is 64.8 Å². The summed E-state index contributed by atoms with van der Waals surface area (Å²) in [6.45, 7) is 8.65. The van der Waals surface area contributed by atoms with Crippen LogP contribution < -0.4 is 0 Å². The lowest BCUT2D eigenvalue weighted by atomic mass is 9.88. The average Bonchev–Trinajstić information content (AvgIpc) is 2.46. The van der Waals surface area contributed by atoms with Crippen LogP contribution in [0.1, 0.15) is 50.7 Å². The van der Waals surface area contributed by atoms with Gasteiger partial charge in [-0.05, 0) is 63.4 Å². The smallest absolute Gasteiger partial charge is 0.184 e. The quantitative estimate of drug-likeness (QED) is 0.654. The molecule has 22 heavy (non-hydrogen) atoms. The summed E-state index contributed by atoms with van der Waals surface area (Å²) >= 11 is 0. The molecule has 0 spiro atoms. The molecule has 120 valence electrons. The third-order valence-electron chi connectivity index (χ3n) is 4.12. The summed E-state index contributed by atoms with van der Waals surface area (Å²) in [7, 11) is -1.70. The number of benzene rings is 1. The van der Waals surface area contributed by atoms with Crippen molar-refractivity contribution in [3.05, 3.63) is 47.0 Å². The zero-order valence-electron chi connectivity index (χ0n) is 14.3. The Labute approximate surface area is 135 Å². The fraction of sp³-hybridized carbons (Fsp3) is 0.526. The summed E-state index contributed by atoms with van der Waals surface area (Å²) < 4.78 is 6.32. The molecule has 0 saturated carbocycles. The number of allylic oxidation sites excluding steroid dienone is 2. The predicted molar refractivity (Wildman–Crippen MR) is 94.4 cm³/mol. The first kappa shape index (κ1) is 17.2. The molecule has 1 aromatic carbocycles. The van der Waals surface area contributed by atoms with Gasteiger partial charge in [0.15, 0.2) is 14.1 Å². The van der Waals surface area contributed by atoms with Crippen molar-refractivity contribution in [1.82, 2.24) is 0 Å². The van der Waals surface area contributed by atoms with E-state index in [2.05, 4.69) is 38.7 Å². The first-order valence-electron chi connectivity index (χ1n) is 8.31. The first-order valence-corrected chi connectivity index (χ1v) is 11.7. The van der Waals surface area contributed by atoms with Crippen LogP contribution in [0, 0.1) is 0 Å². The Morgan fingerprint density at radius 2 is 1.77 bits per heavy atom. The minimum Gasteiger partial charge on any atom is -0.410 e. The van der Waals surface area contributed by atoms with E-state index in [4.69, 9.17) is 4.43 Å². The summed E-state index contributed by atoms with van der Waals surface area (Å²) in [6, 6.07) is 10.2. The highest BCUT2D eigenvalue weighted by atomic mass is 28.4. The van der Waals surface area contributed by atoms with Gasteiger partial charge in [0.25, 0.3) is 0 Å². The van der Waals surface area contributed by atoms with Gasteiger partial charge in [-0.15, -0.1) is 0 Å². The zero-order chi connectivity index (χ0) is 16.2. The molecule has 0 N–H and O–H groups in total. The second-order valence-corrected chi connectivity index (χ2v) is 11.7. The van der Waals surface area contributed by atoms with Crippen molar-refractivity contribution < 1.29 is 9.22 Å². The van der Waals surface area contributed by atoms with Crippen molar-refractivity contribution in [3.8, 4) is 0 Å². The van der Waals surface area contributed by atoms with Gasteiger partial charge in [-0.3, -0.25) is 4.79 Å². The van der Waals surface area contributed by atoms with Crippen LogP contribution in [0.5, 0.6) is 0 Å². The van der Waals surface area contributed by atoms with Gasteiger partial charge in [0.05, 0.1) is 6.10 Å². The second kappa shape index (κ2) is 7.38. The Kier molecular flexibility index (Phi) is 5.76. The van der Waals surface area contributed by atoms with E-state index in [1.807, 2.05) is 18.2 Å². The van der Waals surface area contributed by atoms with Gasteiger partial charge in [-0.1, -0.05) is 35.9 Å². The van der Waals surface area contributed by atoms with E-state index < -0.39 is 8.32 Å². The number of hydrogen-bond acceptors (Lipinski definition) is 2. The van der Waals surface area contributed by atoms with Gasteiger partial charge < -0.3 is 4.43 Å². The highest BCUT2D eigenvalue weighted by molar-refractivity contribution is 6.69. The summed E-state index contributed by atoms with van der Waals surface area (Å²) in [6.07, 6.45) is 4.74. The summed E-state index contributed by atoms with van der Waals surface area (Å²) in [5, 5.41) is 0. The van der Waals surface area contributed by atoms with Gasteiger partial charge >= 0.3 is 0 Å². The van der Waals surface area contributed by atoms with Crippen LogP contribution in [-0.4, -0.2) is 14.1 Å². The van der Waals surface area contributed by atoms with Crippen LogP contribution in [0.3, 0.4) is 0 Å². The monoisotopic (exact) mass is 316 g/mol. The minimum absolute atomic E-state index is 0.109. The van der Waals surface area contributed by atoms with E-state index in [0.717, 1.165) is 30.4 Å². The van der Waals surface area contributed by atoms with Crippen LogP contribution in [0.4, 0.5) is 0 Å². The Morgan fingerprint density at radius 3 is 2.36 bits per heavy atom. The van der Waals surface area contributed by atoms with Crippen LogP contribution >= 0.6 is 0 Å².